The van der Waals surface area contributed by atoms with E-state index in [1.807, 2.05) is 0 Å². The molecule has 0 aromatic carbocycles. The molecule has 0 aromatic rings. The maximum Gasteiger partial charge on any atom is 0.0558 e. The Hall–Kier alpha value is -0.380. The molecule has 3 nitrogen and oxygen atoms in total. The van der Waals surface area contributed by atoms with Gasteiger partial charge in [0.1, 0.15) is 0 Å². The molecule has 0 spiro atoms. The Labute approximate surface area is 93.2 Å². The first kappa shape index (κ1) is 12.7. The van der Waals surface area contributed by atoms with Crippen LogP contribution in [0.4, 0.5) is 0 Å². The molecule has 1 aliphatic rings. The number of aliphatic hydroxyl groups excluding tert-OH is 1. The Morgan fingerprint density at radius 1 is 1.47 bits per heavy atom. The van der Waals surface area contributed by atoms with E-state index in [-0.39, 0.29) is 6.61 Å². The molecule has 1 saturated carbocycles. The summed E-state index contributed by atoms with van der Waals surface area (Å²) in [4.78, 5) is 2.26. The minimum Gasteiger partial charge on any atom is -0.395 e. The third kappa shape index (κ3) is 5.92. The molecule has 0 saturated heterocycles. The van der Waals surface area contributed by atoms with E-state index in [1.165, 1.54) is 18.4 Å². The lowest BCUT2D eigenvalue weighted by atomic mass is 10.2. The van der Waals surface area contributed by atoms with Crippen LogP contribution in [-0.4, -0.2) is 48.8 Å². The number of rotatable bonds is 9. The summed E-state index contributed by atoms with van der Waals surface area (Å²) in [5.41, 5.74) is 1.23. The molecule has 3 heteroatoms. The van der Waals surface area contributed by atoms with Gasteiger partial charge in [0.2, 0.25) is 0 Å². The maximum absolute atomic E-state index is 8.92. The number of aliphatic hydroxyl groups is 1. The topological polar surface area (TPSA) is 35.5 Å². The summed E-state index contributed by atoms with van der Waals surface area (Å²) < 4.78 is 0. The lowest BCUT2D eigenvalue weighted by Gasteiger charge is -2.21. The second-order valence-corrected chi connectivity index (χ2v) is 4.40. The lowest BCUT2D eigenvalue weighted by Crippen LogP contribution is -2.32. The Morgan fingerprint density at radius 3 is 2.73 bits per heavy atom. The molecule has 0 atom stereocenters. The van der Waals surface area contributed by atoms with Crippen LogP contribution >= 0.6 is 0 Å². The van der Waals surface area contributed by atoms with Crippen LogP contribution in [-0.2, 0) is 0 Å². The fraction of sp³-hybridized carbons (Fsp3) is 0.833. The molecule has 1 fully saturated rings. The Kier molecular flexibility index (Phi) is 5.91. The van der Waals surface area contributed by atoms with Crippen LogP contribution in [0.15, 0.2) is 12.2 Å². The number of nitrogens with zero attached hydrogens (tertiary/aromatic N) is 1. The largest absolute Gasteiger partial charge is 0.395 e. The summed E-state index contributed by atoms with van der Waals surface area (Å²) in [6.45, 7) is 10.1. The third-order valence-corrected chi connectivity index (χ3v) is 2.62. The van der Waals surface area contributed by atoms with Crippen molar-refractivity contribution in [3.8, 4) is 0 Å². The summed E-state index contributed by atoms with van der Waals surface area (Å²) >= 11 is 0. The molecular weight excluding hydrogens is 188 g/mol. The second kappa shape index (κ2) is 6.99. The number of nitrogens with one attached hydrogen (secondary N) is 1. The van der Waals surface area contributed by atoms with Crippen LogP contribution < -0.4 is 5.32 Å². The zero-order chi connectivity index (χ0) is 11.1. The van der Waals surface area contributed by atoms with Gasteiger partial charge in [-0.3, -0.25) is 4.90 Å². The zero-order valence-corrected chi connectivity index (χ0v) is 9.84. The predicted molar refractivity (Wildman–Crippen MR) is 64.0 cm³/mol. The average molecular weight is 212 g/mol. The highest BCUT2D eigenvalue weighted by Gasteiger charge is 2.20. The van der Waals surface area contributed by atoms with Gasteiger partial charge in [0.05, 0.1) is 6.61 Å². The average Bonchev–Trinajstić information content (AvgIpc) is 2.99. The molecule has 0 heterocycles. The van der Waals surface area contributed by atoms with Gasteiger partial charge in [0.25, 0.3) is 0 Å². The standard InChI is InChI=1S/C12H24N2O/c1-3-6-14(7-8-15)10-11(2)9-13-12-4-5-12/h12-13,15H,2-10H2,1H3. The van der Waals surface area contributed by atoms with Crippen LogP contribution in [0.3, 0.4) is 0 Å². The SMILES string of the molecule is C=C(CNC1CC1)CN(CCC)CCO. The van der Waals surface area contributed by atoms with Crippen molar-refractivity contribution in [3.05, 3.63) is 12.2 Å². The van der Waals surface area contributed by atoms with Crippen molar-refractivity contribution in [2.45, 2.75) is 32.2 Å². The van der Waals surface area contributed by atoms with E-state index in [4.69, 9.17) is 5.11 Å². The number of hydrogen-bond acceptors (Lipinski definition) is 3. The van der Waals surface area contributed by atoms with E-state index in [1.54, 1.807) is 0 Å². The molecule has 1 rings (SSSR count). The third-order valence-electron chi connectivity index (χ3n) is 2.62. The van der Waals surface area contributed by atoms with Crippen molar-refractivity contribution in [1.29, 1.82) is 0 Å². The normalized spacial score (nSPS) is 15.9. The van der Waals surface area contributed by atoms with Gasteiger partial charge in [-0.05, 0) is 31.4 Å². The van der Waals surface area contributed by atoms with Gasteiger partial charge >= 0.3 is 0 Å². The first-order valence-corrected chi connectivity index (χ1v) is 5.99. The lowest BCUT2D eigenvalue weighted by molar-refractivity contribution is 0.205. The molecule has 1 aliphatic carbocycles. The van der Waals surface area contributed by atoms with Crippen LogP contribution in [0, 0.1) is 0 Å². The van der Waals surface area contributed by atoms with Crippen molar-refractivity contribution in [3.63, 3.8) is 0 Å². The van der Waals surface area contributed by atoms with Crippen molar-refractivity contribution in [2.24, 2.45) is 0 Å². The van der Waals surface area contributed by atoms with Crippen LogP contribution in [0.2, 0.25) is 0 Å². The molecular formula is C12H24N2O. The van der Waals surface area contributed by atoms with E-state index in [2.05, 4.69) is 23.7 Å². The highest BCUT2D eigenvalue weighted by Crippen LogP contribution is 2.18. The fourth-order valence-electron chi connectivity index (χ4n) is 1.68. The van der Waals surface area contributed by atoms with Crippen molar-refractivity contribution in [2.75, 3.05) is 32.8 Å². The second-order valence-electron chi connectivity index (χ2n) is 4.40. The summed E-state index contributed by atoms with van der Waals surface area (Å²) in [6, 6.07) is 0.749. The van der Waals surface area contributed by atoms with E-state index in [0.29, 0.717) is 0 Å². The first-order chi connectivity index (χ1) is 7.26. The van der Waals surface area contributed by atoms with Gasteiger partial charge in [-0.15, -0.1) is 0 Å². The summed E-state index contributed by atoms with van der Waals surface area (Å²) in [5.74, 6) is 0. The van der Waals surface area contributed by atoms with Gasteiger partial charge in [0.15, 0.2) is 0 Å². The molecule has 2 N–H and O–H groups in total. The van der Waals surface area contributed by atoms with Gasteiger partial charge in [0, 0.05) is 25.7 Å². The van der Waals surface area contributed by atoms with Crippen molar-refractivity contribution in [1.82, 2.24) is 10.2 Å². The molecule has 0 unspecified atom stereocenters. The van der Waals surface area contributed by atoms with Crippen LogP contribution in [0.5, 0.6) is 0 Å². The summed E-state index contributed by atoms with van der Waals surface area (Å²) in [7, 11) is 0. The quantitative estimate of drug-likeness (QED) is 0.560. The fourth-order valence-corrected chi connectivity index (χ4v) is 1.68. The molecule has 15 heavy (non-hydrogen) atoms. The maximum atomic E-state index is 8.92. The summed E-state index contributed by atoms with van der Waals surface area (Å²) in [5, 5.41) is 12.4. The number of hydrogen-bond donors (Lipinski definition) is 2. The first-order valence-electron chi connectivity index (χ1n) is 5.99. The molecule has 0 amide bonds. The van der Waals surface area contributed by atoms with Gasteiger partial charge in [-0.2, -0.15) is 0 Å². The predicted octanol–water partition coefficient (Wildman–Crippen LogP) is 0.999. The minimum atomic E-state index is 0.239. The summed E-state index contributed by atoms with van der Waals surface area (Å²) in [6.07, 6.45) is 3.77. The molecule has 0 aromatic heterocycles. The van der Waals surface area contributed by atoms with E-state index < -0.39 is 0 Å². The van der Waals surface area contributed by atoms with Crippen LogP contribution in [0.1, 0.15) is 26.2 Å². The molecule has 0 bridgehead atoms. The highest BCUT2D eigenvalue weighted by molar-refractivity contribution is 5.01. The van der Waals surface area contributed by atoms with E-state index in [9.17, 15) is 0 Å². The van der Waals surface area contributed by atoms with Gasteiger partial charge < -0.3 is 10.4 Å². The minimum absolute atomic E-state index is 0.239. The van der Waals surface area contributed by atoms with Gasteiger partial charge in [-0.1, -0.05) is 13.5 Å². The Morgan fingerprint density at radius 2 is 2.20 bits per heavy atom. The molecule has 0 radical (unpaired) electrons. The monoisotopic (exact) mass is 212 g/mol. The Balaban J connectivity index is 2.12. The smallest absolute Gasteiger partial charge is 0.0558 e. The zero-order valence-electron chi connectivity index (χ0n) is 9.84. The molecule has 0 aliphatic heterocycles. The highest BCUT2D eigenvalue weighted by atomic mass is 16.3. The van der Waals surface area contributed by atoms with E-state index in [0.717, 1.165) is 38.6 Å². The Bertz CT molecular complexity index is 184. The van der Waals surface area contributed by atoms with Crippen molar-refractivity contribution < 1.29 is 5.11 Å². The van der Waals surface area contributed by atoms with Crippen LogP contribution in [0.25, 0.3) is 0 Å². The van der Waals surface area contributed by atoms with E-state index >= 15 is 0 Å². The molecule has 88 valence electrons. The van der Waals surface area contributed by atoms with Gasteiger partial charge in [-0.25, -0.2) is 0 Å². The van der Waals surface area contributed by atoms with Crippen molar-refractivity contribution >= 4 is 0 Å².